The summed E-state index contributed by atoms with van der Waals surface area (Å²) in [6.07, 6.45) is 3.63. The topological polar surface area (TPSA) is 171 Å². The van der Waals surface area contributed by atoms with Gasteiger partial charge in [-0.2, -0.15) is 0 Å². The highest BCUT2D eigenvalue weighted by molar-refractivity contribution is 7.22. The van der Waals surface area contributed by atoms with Crippen molar-refractivity contribution in [1.29, 1.82) is 0 Å². The first-order chi connectivity index (χ1) is 19.6. The number of hydrogen-bond acceptors (Lipinski definition) is 9. The number of hydrogen-bond donors (Lipinski definition) is 4. The molecule has 0 fully saturated rings. The van der Waals surface area contributed by atoms with Gasteiger partial charge in [-0.1, -0.05) is 24.3 Å². The van der Waals surface area contributed by atoms with Crippen LogP contribution in [0, 0.1) is 5.82 Å². The van der Waals surface area contributed by atoms with Crippen LogP contribution in [0.4, 0.5) is 20.3 Å². The molecule has 4 rings (SSSR count). The van der Waals surface area contributed by atoms with Gasteiger partial charge in [-0.15, -0.1) is 0 Å². The van der Waals surface area contributed by atoms with Crippen LogP contribution in [0.15, 0.2) is 42.9 Å². The lowest BCUT2D eigenvalue weighted by Gasteiger charge is -2.38. The molecule has 41 heavy (non-hydrogen) atoms. The van der Waals surface area contributed by atoms with Crippen molar-refractivity contribution in [3.05, 3.63) is 48.7 Å². The summed E-state index contributed by atoms with van der Waals surface area (Å²) in [5.41, 5.74) is -0.209. The predicted octanol–water partition coefficient (Wildman–Crippen LogP) is 4.63. The zero-order valence-electron chi connectivity index (χ0n) is 22.5. The number of nitrogens with one attached hydrogen (secondary N) is 2. The first-order valence-electron chi connectivity index (χ1n) is 12.8. The monoisotopic (exact) mass is 581 g/mol. The van der Waals surface area contributed by atoms with Crippen LogP contribution >= 0.6 is 11.3 Å². The fourth-order valence-corrected chi connectivity index (χ4v) is 5.55. The highest BCUT2D eigenvalue weighted by Gasteiger charge is 2.45. The average molecular weight is 582 g/mol. The standard InChI is InChI=1S/C27H28FN7O5S/c1-4-27(23(38)39,12-19(36)37)35(6-3)24-31-13-15(14-32-24)16-11-17(18-9-7-8-10-30-18)22-21(20(16)28)33-26(41-22)34-25(40)29-5-2/h7-11,13-14H,4-6,12H2,1-3H3,(H,36,37)(H,38,39)(H2,29,33,34,40)/t27-/m0/s1. The highest BCUT2D eigenvalue weighted by atomic mass is 32.1. The molecule has 3 heterocycles. The lowest BCUT2D eigenvalue weighted by Crippen LogP contribution is -2.56. The smallest absolute Gasteiger partial charge is 0.330 e. The van der Waals surface area contributed by atoms with Crippen LogP contribution in [0.5, 0.6) is 0 Å². The van der Waals surface area contributed by atoms with Gasteiger partial charge in [0.1, 0.15) is 5.52 Å². The quantitative estimate of drug-likeness (QED) is 0.196. The van der Waals surface area contributed by atoms with Crippen LogP contribution < -0.4 is 15.5 Å². The number of rotatable bonds is 11. The van der Waals surface area contributed by atoms with E-state index in [4.69, 9.17) is 0 Å². The Morgan fingerprint density at radius 2 is 1.80 bits per heavy atom. The second kappa shape index (κ2) is 12.2. The Balaban J connectivity index is 1.82. The normalized spacial score (nSPS) is 12.5. The summed E-state index contributed by atoms with van der Waals surface area (Å²) in [4.78, 5) is 54.5. The van der Waals surface area contributed by atoms with Gasteiger partial charge >= 0.3 is 18.0 Å². The number of thiazole rings is 1. The molecule has 0 bridgehead atoms. The Morgan fingerprint density at radius 3 is 2.37 bits per heavy atom. The van der Waals surface area contributed by atoms with Crippen LogP contribution in [0.25, 0.3) is 32.6 Å². The van der Waals surface area contributed by atoms with Gasteiger partial charge in [-0.25, -0.2) is 28.9 Å². The molecule has 214 valence electrons. The van der Waals surface area contributed by atoms with E-state index in [1.165, 1.54) is 17.3 Å². The number of fused-ring (bicyclic) bond motifs is 1. The molecule has 0 radical (unpaired) electrons. The predicted molar refractivity (Wildman–Crippen MR) is 152 cm³/mol. The molecular weight excluding hydrogens is 553 g/mol. The van der Waals surface area contributed by atoms with Crippen molar-refractivity contribution in [3.63, 3.8) is 0 Å². The summed E-state index contributed by atoms with van der Waals surface area (Å²) in [5, 5.41) is 24.8. The third-order valence-corrected chi connectivity index (χ3v) is 7.56. The molecule has 4 aromatic rings. The van der Waals surface area contributed by atoms with E-state index in [-0.39, 0.29) is 40.7 Å². The number of aromatic nitrogens is 4. The van der Waals surface area contributed by atoms with Gasteiger partial charge in [0.15, 0.2) is 16.5 Å². The van der Waals surface area contributed by atoms with Crippen LogP contribution in [-0.2, 0) is 9.59 Å². The van der Waals surface area contributed by atoms with E-state index < -0.39 is 35.7 Å². The Kier molecular flexibility index (Phi) is 8.71. The second-order valence-electron chi connectivity index (χ2n) is 8.96. The van der Waals surface area contributed by atoms with Gasteiger partial charge in [-0.3, -0.25) is 15.1 Å². The first-order valence-corrected chi connectivity index (χ1v) is 13.6. The maximum atomic E-state index is 16.0. The zero-order chi connectivity index (χ0) is 29.7. The van der Waals surface area contributed by atoms with Crippen molar-refractivity contribution in [2.24, 2.45) is 0 Å². The van der Waals surface area contributed by atoms with E-state index in [9.17, 15) is 24.6 Å². The SMILES string of the molecule is CCNC(=O)Nc1nc2c(F)c(-c3cnc(N(CC)[C@@](CC)(CC(=O)O)C(=O)O)nc3)cc(-c3ccccn3)c2s1. The molecule has 0 aliphatic heterocycles. The summed E-state index contributed by atoms with van der Waals surface area (Å²) in [6.45, 7) is 5.56. The lowest BCUT2D eigenvalue weighted by molar-refractivity contribution is -0.150. The van der Waals surface area contributed by atoms with Crippen molar-refractivity contribution >= 4 is 50.6 Å². The number of urea groups is 1. The van der Waals surface area contributed by atoms with Crippen LogP contribution in [0.1, 0.15) is 33.6 Å². The van der Waals surface area contributed by atoms with Crippen molar-refractivity contribution in [2.75, 3.05) is 23.3 Å². The Morgan fingerprint density at radius 1 is 1.07 bits per heavy atom. The van der Waals surface area contributed by atoms with E-state index in [2.05, 4.69) is 30.6 Å². The van der Waals surface area contributed by atoms with E-state index in [1.54, 1.807) is 51.2 Å². The fourth-order valence-electron chi connectivity index (χ4n) is 4.57. The number of halogens is 1. The molecule has 0 aliphatic rings. The molecule has 1 aromatic carbocycles. The number of anilines is 2. The third kappa shape index (κ3) is 5.77. The van der Waals surface area contributed by atoms with Gasteiger partial charge in [0.25, 0.3) is 0 Å². The van der Waals surface area contributed by atoms with Gasteiger partial charge in [-0.05, 0) is 38.5 Å². The van der Waals surface area contributed by atoms with E-state index >= 15 is 4.39 Å². The summed E-state index contributed by atoms with van der Waals surface area (Å²) in [5.74, 6) is -3.25. The zero-order valence-corrected chi connectivity index (χ0v) is 23.3. The summed E-state index contributed by atoms with van der Waals surface area (Å²) in [7, 11) is 0. The molecule has 0 unspecified atom stereocenters. The summed E-state index contributed by atoms with van der Waals surface area (Å²) in [6, 6.07) is 6.45. The van der Waals surface area contributed by atoms with Crippen LogP contribution in [0.3, 0.4) is 0 Å². The van der Waals surface area contributed by atoms with E-state index in [1.807, 2.05) is 0 Å². The second-order valence-corrected chi connectivity index (χ2v) is 9.96. The Labute approximate surface area is 238 Å². The number of pyridine rings is 1. The van der Waals surface area contributed by atoms with Gasteiger partial charge < -0.3 is 20.4 Å². The van der Waals surface area contributed by atoms with Crippen LogP contribution in [-0.4, -0.2) is 66.7 Å². The number of amides is 2. The number of carbonyl (C=O) groups excluding carboxylic acids is 1. The minimum Gasteiger partial charge on any atom is -0.481 e. The van der Waals surface area contributed by atoms with E-state index in [0.29, 0.717) is 22.5 Å². The number of carboxylic acid groups (broad SMARTS) is 2. The van der Waals surface area contributed by atoms with Crippen molar-refractivity contribution in [1.82, 2.24) is 25.3 Å². The minimum atomic E-state index is -1.77. The highest BCUT2D eigenvalue weighted by Crippen LogP contribution is 2.40. The van der Waals surface area contributed by atoms with Gasteiger partial charge in [0.2, 0.25) is 5.95 Å². The number of nitrogens with zero attached hydrogens (tertiary/aromatic N) is 5. The van der Waals surface area contributed by atoms with Crippen molar-refractivity contribution in [2.45, 2.75) is 39.2 Å². The van der Waals surface area contributed by atoms with Crippen molar-refractivity contribution < 1.29 is 29.0 Å². The largest absolute Gasteiger partial charge is 0.481 e. The molecule has 0 aliphatic carbocycles. The molecule has 4 N–H and O–H groups in total. The fraction of sp³-hybridized carbons (Fsp3) is 0.296. The lowest BCUT2D eigenvalue weighted by atomic mass is 9.90. The molecule has 3 aromatic heterocycles. The third-order valence-electron chi connectivity index (χ3n) is 6.55. The Bertz CT molecular complexity index is 1580. The maximum absolute atomic E-state index is 16.0. The number of carbonyl (C=O) groups is 3. The minimum absolute atomic E-state index is 0.00438. The Hall–Kier alpha value is -4.72. The molecular formula is C27H28FN7O5S. The molecule has 12 nitrogen and oxygen atoms in total. The number of carboxylic acids is 2. The number of aliphatic carboxylic acids is 2. The van der Waals surface area contributed by atoms with Gasteiger partial charge in [0, 0.05) is 48.4 Å². The number of benzene rings is 1. The first kappa shape index (κ1) is 29.3. The van der Waals surface area contributed by atoms with Crippen molar-refractivity contribution in [3.8, 4) is 22.4 Å². The van der Waals surface area contributed by atoms with Gasteiger partial charge in [0.05, 0.1) is 16.8 Å². The molecule has 0 saturated heterocycles. The molecule has 0 saturated carbocycles. The summed E-state index contributed by atoms with van der Waals surface area (Å²) < 4.78 is 16.4. The summed E-state index contributed by atoms with van der Waals surface area (Å²) >= 11 is 1.11. The molecule has 0 spiro atoms. The van der Waals surface area contributed by atoms with Crippen LogP contribution in [0.2, 0.25) is 0 Å². The number of likely N-dealkylation sites (N-methyl/N-ethyl adjacent to an activating group) is 1. The maximum Gasteiger partial charge on any atom is 0.330 e. The average Bonchev–Trinajstić information content (AvgIpc) is 3.37. The molecule has 1 atom stereocenters. The van der Waals surface area contributed by atoms with E-state index in [0.717, 1.165) is 11.3 Å². The molecule has 2 amide bonds. The molecule has 14 heteroatoms.